The van der Waals surface area contributed by atoms with E-state index in [1.165, 1.54) is 7.11 Å². The van der Waals surface area contributed by atoms with Crippen LogP contribution in [0.4, 0.5) is 0 Å². The molecule has 0 aliphatic rings. The number of ether oxygens (including phenoxy) is 1. The van der Waals surface area contributed by atoms with Gasteiger partial charge in [-0.15, -0.1) is 0 Å². The van der Waals surface area contributed by atoms with Crippen LogP contribution < -0.4 is 5.32 Å². The maximum atomic E-state index is 9.90. The summed E-state index contributed by atoms with van der Waals surface area (Å²) in [6.07, 6.45) is -0.193. The van der Waals surface area contributed by atoms with Crippen molar-refractivity contribution in [3.05, 3.63) is 0 Å². The molecule has 2 N–H and O–H groups in total. The SMILES string of the molecule is COC(C)NCC(=O)O. The summed E-state index contributed by atoms with van der Waals surface area (Å²) in [5.74, 6) is -0.876. The minimum absolute atomic E-state index is 0.0605. The van der Waals surface area contributed by atoms with Crippen LogP contribution >= 0.6 is 0 Å². The van der Waals surface area contributed by atoms with Crippen LogP contribution in [-0.4, -0.2) is 31.0 Å². The monoisotopic (exact) mass is 133 g/mol. The summed E-state index contributed by atoms with van der Waals surface area (Å²) < 4.78 is 4.73. The largest absolute Gasteiger partial charge is 0.480 e. The molecule has 0 saturated heterocycles. The molecule has 0 spiro atoms. The Balaban J connectivity index is 3.16. The average Bonchev–Trinajstić information content (AvgIpc) is 1.83. The van der Waals surface area contributed by atoms with E-state index in [1.54, 1.807) is 6.92 Å². The van der Waals surface area contributed by atoms with Crippen molar-refractivity contribution in [3.8, 4) is 0 Å². The molecule has 0 saturated carbocycles. The Morgan fingerprint density at radius 3 is 2.78 bits per heavy atom. The first-order valence-electron chi connectivity index (χ1n) is 2.64. The highest BCUT2D eigenvalue weighted by molar-refractivity contribution is 5.68. The highest BCUT2D eigenvalue weighted by Gasteiger charge is 1.99. The first-order chi connectivity index (χ1) is 4.16. The Morgan fingerprint density at radius 1 is 1.89 bits per heavy atom. The lowest BCUT2D eigenvalue weighted by molar-refractivity contribution is -0.136. The molecule has 0 aliphatic heterocycles. The predicted octanol–water partition coefficient (Wildman–Crippen LogP) is -0.347. The van der Waals surface area contributed by atoms with Crippen molar-refractivity contribution in [3.63, 3.8) is 0 Å². The molecule has 0 rings (SSSR count). The predicted molar refractivity (Wildman–Crippen MR) is 32.1 cm³/mol. The van der Waals surface area contributed by atoms with Gasteiger partial charge in [0.05, 0.1) is 6.54 Å². The molecular weight excluding hydrogens is 122 g/mol. The molecule has 0 aliphatic carbocycles. The molecule has 0 aromatic carbocycles. The maximum absolute atomic E-state index is 9.90. The number of aliphatic carboxylic acids is 1. The van der Waals surface area contributed by atoms with Crippen molar-refractivity contribution in [2.45, 2.75) is 13.2 Å². The summed E-state index contributed by atoms with van der Waals surface area (Å²) in [4.78, 5) is 9.90. The molecule has 54 valence electrons. The van der Waals surface area contributed by atoms with Crippen LogP contribution in [0.15, 0.2) is 0 Å². The van der Waals surface area contributed by atoms with Gasteiger partial charge in [-0.2, -0.15) is 0 Å². The van der Waals surface area contributed by atoms with E-state index in [9.17, 15) is 4.79 Å². The molecule has 0 bridgehead atoms. The zero-order valence-corrected chi connectivity index (χ0v) is 5.55. The second kappa shape index (κ2) is 4.29. The van der Waals surface area contributed by atoms with Gasteiger partial charge >= 0.3 is 5.97 Å². The lowest BCUT2D eigenvalue weighted by Crippen LogP contribution is -2.32. The molecule has 4 nitrogen and oxygen atoms in total. The van der Waals surface area contributed by atoms with Crippen LogP contribution in [-0.2, 0) is 9.53 Å². The van der Waals surface area contributed by atoms with Gasteiger partial charge in [-0.05, 0) is 6.92 Å². The third-order valence-electron chi connectivity index (χ3n) is 0.894. The first kappa shape index (κ1) is 8.39. The molecule has 0 amide bonds. The standard InChI is InChI=1S/C5H11NO3/c1-4(9-2)6-3-5(7)8/h4,6H,3H2,1-2H3,(H,7,8). The summed E-state index contributed by atoms with van der Waals surface area (Å²) >= 11 is 0. The van der Waals surface area contributed by atoms with Gasteiger partial charge in [-0.25, -0.2) is 0 Å². The fraction of sp³-hybridized carbons (Fsp3) is 0.800. The zero-order chi connectivity index (χ0) is 7.28. The minimum atomic E-state index is -0.876. The zero-order valence-electron chi connectivity index (χ0n) is 5.55. The van der Waals surface area contributed by atoms with Crippen molar-refractivity contribution in [2.75, 3.05) is 13.7 Å². The Morgan fingerprint density at radius 2 is 2.44 bits per heavy atom. The van der Waals surface area contributed by atoms with Crippen molar-refractivity contribution in [1.82, 2.24) is 5.32 Å². The number of methoxy groups -OCH3 is 1. The third kappa shape index (κ3) is 5.26. The number of rotatable bonds is 4. The topological polar surface area (TPSA) is 58.6 Å². The number of hydrogen-bond acceptors (Lipinski definition) is 3. The summed E-state index contributed by atoms with van der Waals surface area (Å²) in [7, 11) is 1.51. The lowest BCUT2D eigenvalue weighted by atomic mass is 10.6. The van der Waals surface area contributed by atoms with E-state index in [0.29, 0.717) is 0 Å². The summed E-state index contributed by atoms with van der Waals surface area (Å²) in [5.41, 5.74) is 0. The molecular formula is C5H11NO3. The van der Waals surface area contributed by atoms with Crippen molar-refractivity contribution >= 4 is 5.97 Å². The van der Waals surface area contributed by atoms with Gasteiger partial charge in [0.15, 0.2) is 0 Å². The van der Waals surface area contributed by atoms with Crippen LogP contribution in [0.5, 0.6) is 0 Å². The van der Waals surface area contributed by atoms with Crippen molar-refractivity contribution in [1.29, 1.82) is 0 Å². The number of hydrogen-bond donors (Lipinski definition) is 2. The van der Waals surface area contributed by atoms with Gasteiger partial charge in [-0.1, -0.05) is 0 Å². The Labute approximate surface area is 53.8 Å². The van der Waals surface area contributed by atoms with E-state index in [2.05, 4.69) is 5.32 Å². The molecule has 4 heteroatoms. The average molecular weight is 133 g/mol. The fourth-order valence-electron chi connectivity index (χ4n) is 0.314. The molecule has 9 heavy (non-hydrogen) atoms. The van der Waals surface area contributed by atoms with Crippen molar-refractivity contribution in [2.24, 2.45) is 0 Å². The number of carbonyl (C=O) groups is 1. The van der Waals surface area contributed by atoms with Gasteiger partial charge in [0.1, 0.15) is 6.23 Å². The van der Waals surface area contributed by atoms with Crippen LogP contribution in [0.25, 0.3) is 0 Å². The van der Waals surface area contributed by atoms with E-state index < -0.39 is 5.97 Å². The van der Waals surface area contributed by atoms with E-state index >= 15 is 0 Å². The smallest absolute Gasteiger partial charge is 0.317 e. The van der Waals surface area contributed by atoms with E-state index in [0.717, 1.165) is 0 Å². The summed E-state index contributed by atoms with van der Waals surface area (Å²) in [6, 6.07) is 0. The number of nitrogens with one attached hydrogen (secondary N) is 1. The van der Waals surface area contributed by atoms with Gasteiger partial charge in [-0.3, -0.25) is 10.1 Å². The fourth-order valence-corrected chi connectivity index (χ4v) is 0.314. The summed E-state index contributed by atoms with van der Waals surface area (Å²) in [5, 5.41) is 10.7. The third-order valence-corrected chi connectivity index (χ3v) is 0.894. The second-order valence-electron chi connectivity index (χ2n) is 1.65. The quantitative estimate of drug-likeness (QED) is 0.515. The number of carboxylic acid groups (broad SMARTS) is 1. The molecule has 1 atom stereocenters. The highest BCUT2D eigenvalue weighted by atomic mass is 16.5. The molecule has 0 aromatic rings. The molecule has 1 unspecified atom stereocenters. The lowest BCUT2D eigenvalue weighted by Gasteiger charge is -2.08. The molecule has 0 heterocycles. The van der Waals surface area contributed by atoms with Crippen LogP contribution in [0.3, 0.4) is 0 Å². The van der Waals surface area contributed by atoms with E-state index in [-0.39, 0.29) is 12.8 Å². The maximum Gasteiger partial charge on any atom is 0.317 e. The Hall–Kier alpha value is -0.610. The van der Waals surface area contributed by atoms with E-state index in [4.69, 9.17) is 9.84 Å². The Bertz CT molecular complexity index is 94.2. The van der Waals surface area contributed by atoms with Crippen molar-refractivity contribution < 1.29 is 14.6 Å². The molecule has 0 aromatic heterocycles. The highest BCUT2D eigenvalue weighted by Crippen LogP contribution is 1.77. The van der Waals surface area contributed by atoms with Crippen LogP contribution in [0, 0.1) is 0 Å². The normalized spacial score (nSPS) is 13.1. The molecule has 0 fully saturated rings. The molecule has 0 radical (unpaired) electrons. The van der Waals surface area contributed by atoms with Gasteiger partial charge in [0.25, 0.3) is 0 Å². The van der Waals surface area contributed by atoms with Gasteiger partial charge in [0, 0.05) is 7.11 Å². The minimum Gasteiger partial charge on any atom is -0.480 e. The summed E-state index contributed by atoms with van der Waals surface area (Å²) in [6.45, 7) is 1.68. The van der Waals surface area contributed by atoms with E-state index in [1.807, 2.05) is 0 Å². The second-order valence-corrected chi connectivity index (χ2v) is 1.65. The van der Waals surface area contributed by atoms with Gasteiger partial charge < -0.3 is 9.84 Å². The van der Waals surface area contributed by atoms with Crippen LogP contribution in [0.2, 0.25) is 0 Å². The first-order valence-corrected chi connectivity index (χ1v) is 2.64. The Kier molecular flexibility index (Phi) is 4.00. The number of carboxylic acids is 1. The van der Waals surface area contributed by atoms with Gasteiger partial charge in [0.2, 0.25) is 0 Å². The van der Waals surface area contributed by atoms with Crippen LogP contribution in [0.1, 0.15) is 6.92 Å².